The minimum Gasteiger partial charge on any atom is -0.496 e. The standard InChI is InChI=1S/C24H33N3O6/c1-15(2)14-32-22(29)18(26-23(30)33-24(3,4)5)12-16-8-9-17(25-13-16)20-19(31-7)10-11-27(6)21(20)28/h8-11,13,15,18H,12,14H2,1-7H3,(H,26,30)/t18-/m0/s1. The van der Waals surface area contributed by atoms with Crippen molar-refractivity contribution in [1.82, 2.24) is 14.9 Å². The van der Waals surface area contributed by atoms with Crippen LogP contribution in [0.5, 0.6) is 5.75 Å². The SMILES string of the molecule is COc1ccn(C)c(=O)c1-c1ccc(C[C@H](NC(=O)OC(C)(C)C)C(=O)OCC(C)C)cn1. The fourth-order valence-electron chi connectivity index (χ4n) is 2.94. The first-order valence-electron chi connectivity index (χ1n) is 10.8. The number of alkyl carbamates (subject to hydrolysis) is 1. The Kier molecular flexibility index (Phi) is 8.62. The maximum absolute atomic E-state index is 12.6. The van der Waals surface area contributed by atoms with Gasteiger partial charge in [-0.15, -0.1) is 0 Å². The van der Waals surface area contributed by atoms with Crippen molar-refractivity contribution in [3.05, 3.63) is 46.5 Å². The molecule has 2 rings (SSSR count). The quantitative estimate of drug-likeness (QED) is 0.604. The van der Waals surface area contributed by atoms with Gasteiger partial charge in [0.2, 0.25) is 0 Å². The smallest absolute Gasteiger partial charge is 0.408 e. The van der Waals surface area contributed by atoms with E-state index < -0.39 is 23.7 Å². The second-order valence-corrected chi connectivity index (χ2v) is 9.15. The minimum atomic E-state index is -0.953. The van der Waals surface area contributed by atoms with Gasteiger partial charge in [0.25, 0.3) is 5.56 Å². The van der Waals surface area contributed by atoms with Gasteiger partial charge in [0.05, 0.1) is 19.4 Å². The van der Waals surface area contributed by atoms with Crippen LogP contribution in [0.2, 0.25) is 0 Å². The fraction of sp³-hybridized carbons (Fsp3) is 0.500. The minimum absolute atomic E-state index is 0.146. The summed E-state index contributed by atoms with van der Waals surface area (Å²) in [6, 6.07) is 4.16. The Bertz CT molecular complexity index is 1020. The zero-order valence-electron chi connectivity index (χ0n) is 20.3. The van der Waals surface area contributed by atoms with E-state index in [1.165, 1.54) is 11.7 Å². The Morgan fingerprint density at radius 1 is 1.18 bits per heavy atom. The largest absolute Gasteiger partial charge is 0.496 e. The number of hydrogen-bond donors (Lipinski definition) is 1. The molecule has 0 aliphatic rings. The van der Waals surface area contributed by atoms with E-state index >= 15 is 0 Å². The van der Waals surface area contributed by atoms with E-state index in [2.05, 4.69) is 10.3 Å². The molecule has 1 atom stereocenters. The van der Waals surface area contributed by atoms with E-state index in [0.29, 0.717) is 22.6 Å². The third-order valence-corrected chi connectivity index (χ3v) is 4.51. The first-order chi connectivity index (χ1) is 15.4. The van der Waals surface area contributed by atoms with Crippen LogP contribution in [0.1, 0.15) is 40.2 Å². The Morgan fingerprint density at radius 3 is 2.42 bits per heavy atom. The van der Waals surface area contributed by atoms with Gasteiger partial charge < -0.3 is 24.1 Å². The number of nitrogens with one attached hydrogen (secondary N) is 1. The van der Waals surface area contributed by atoms with Crippen LogP contribution in [0, 0.1) is 5.92 Å². The van der Waals surface area contributed by atoms with Crippen molar-refractivity contribution in [3.8, 4) is 17.0 Å². The molecule has 33 heavy (non-hydrogen) atoms. The zero-order valence-corrected chi connectivity index (χ0v) is 20.3. The van der Waals surface area contributed by atoms with Crippen molar-refractivity contribution in [2.75, 3.05) is 13.7 Å². The summed E-state index contributed by atoms with van der Waals surface area (Å²) in [4.78, 5) is 41.9. The van der Waals surface area contributed by atoms with Crippen molar-refractivity contribution < 1.29 is 23.8 Å². The van der Waals surface area contributed by atoms with Crippen LogP contribution < -0.4 is 15.6 Å². The van der Waals surface area contributed by atoms with Gasteiger partial charge in [-0.3, -0.25) is 9.78 Å². The third-order valence-electron chi connectivity index (χ3n) is 4.51. The Labute approximate surface area is 194 Å². The van der Waals surface area contributed by atoms with Crippen LogP contribution in [-0.4, -0.2) is 47.0 Å². The third kappa shape index (κ3) is 7.62. The number of carbonyl (C=O) groups excluding carboxylic acids is 2. The lowest BCUT2D eigenvalue weighted by molar-refractivity contribution is -0.147. The number of rotatable bonds is 8. The average molecular weight is 460 g/mol. The summed E-state index contributed by atoms with van der Waals surface area (Å²) < 4.78 is 17.4. The normalized spacial score (nSPS) is 12.2. The summed E-state index contributed by atoms with van der Waals surface area (Å²) in [5.74, 6) is 0.0119. The molecule has 0 fully saturated rings. The van der Waals surface area contributed by atoms with Crippen LogP contribution in [0.25, 0.3) is 11.3 Å². The van der Waals surface area contributed by atoms with Crippen LogP contribution in [0.3, 0.4) is 0 Å². The summed E-state index contributed by atoms with van der Waals surface area (Å²) in [7, 11) is 3.14. The highest BCUT2D eigenvalue weighted by atomic mass is 16.6. The number of amides is 1. The maximum Gasteiger partial charge on any atom is 0.408 e. The van der Waals surface area contributed by atoms with E-state index in [-0.39, 0.29) is 24.5 Å². The molecule has 9 heteroatoms. The van der Waals surface area contributed by atoms with E-state index in [4.69, 9.17) is 14.2 Å². The van der Waals surface area contributed by atoms with Crippen molar-refractivity contribution in [2.45, 2.75) is 52.7 Å². The predicted octanol–water partition coefficient (Wildman–Crippen LogP) is 3.09. The van der Waals surface area contributed by atoms with E-state index in [9.17, 15) is 14.4 Å². The van der Waals surface area contributed by atoms with Gasteiger partial charge >= 0.3 is 12.1 Å². The van der Waals surface area contributed by atoms with Gasteiger partial charge in [0.1, 0.15) is 23.0 Å². The van der Waals surface area contributed by atoms with Crippen LogP contribution in [-0.2, 0) is 27.7 Å². The molecule has 0 unspecified atom stereocenters. The van der Waals surface area contributed by atoms with Crippen LogP contribution in [0.4, 0.5) is 4.79 Å². The molecule has 180 valence electrons. The van der Waals surface area contributed by atoms with Crippen molar-refractivity contribution in [3.63, 3.8) is 0 Å². The Morgan fingerprint density at radius 2 is 1.88 bits per heavy atom. The molecular formula is C24H33N3O6. The second kappa shape index (κ2) is 11.0. The number of pyridine rings is 2. The highest BCUT2D eigenvalue weighted by Gasteiger charge is 2.26. The first kappa shape index (κ1) is 25.9. The fourth-order valence-corrected chi connectivity index (χ4v) is 2.94. The summed E-state index contributed by atoms with van der Waals surface area (Å²) in [6.45, 7) is 9.30. The lowest BCUT2D eigenvalue weighted by atomic mass is 10.1. The lowest BCUT2D eigenvalue weighted by Crippen LogP contribution is -2.45. The van der Waals surface area contributed by atoms with Crippen LogP contribution in [0.15, 0.2) is 35.4 Å². The molecule has 9 nitrogen and oxygen atoms in total. The van der Waals surface area contributed by atoms with E-state index in [0.717, 1.165) is 0 Å². The van der Waals surface area contributed by atoms with Gasteiger partial charge in [-0.05, 0) is 44.4 Å². The molecule has 2 aromatic rings. The molecule has 1 N–H and O–H groups in total. The highest BCUT2D eigenvalue weighted by Crippen LogP contribution is 2.24. The highest BCUT2D eigenvalue weighted by molar-refractivity contribution is 5.81. The number of ether oxygens (including phenoxy) is 3. The predicted molar refractivity (Wildman–Crippen MR) is 124 cm³/mol. The summed E-state index contributed by atoms with van der Waals surface area (Å²) in [6.07, 6.45) is 2.61. The lowest BCUT2D eigenvalue weighted by Gasteiger charge is -2.23. The molecular weight excluding hydrogens is 426 g/mol. The maximum atomic E-state index is 12.6. The van der Waals surface area contributed by atoms with Gasteiger partial charge in [-0.1, -0.05) is 19.9 Å². The molecule has 0 bridgehead atoms. The topological polar surface area (TPSA) is 109 Å². The van der Waals surface area contributed by atoms with Gasteiger partial charge in [0, 0.05) is 25.9 Å². The number of nitrogens with zero attached hydrogens (tertiary/aromatic N) is 2. The van der Waals surface area contributed by atoms with E-state index in [1.54, 1.807) is 58.4 Å². The summed E-state index contributed by atoms with van der Waals surface area (Å²) >= 11 is 0. The number of aryl methyl sites for hydroxylation is 1. The molecule has 0 radical (unpaired) electrons. The number of esters is 1. The number of carbonyl (C=O) groups is 2. The summed E-state index contributed by atoms with van der Waals surface area (Å²) in [5.41, 5.74) is 0.509. The molecule has 0 aliphatic carbocycles. The molecule has 0 aliphatic heterocycles. The molecule has 0 saturated heterocycles. The van der Waals surface area contributed by atoms with Gasteiger partial charge in [-0.2, -0.15) is 0 Å². The number of hydrogen-bond acceptors (Lipinski definition) is 7. The molecule has 0 aromatic carbocycles. The zero-order chi connectivity index (χ0) is 24.8. The Balaban J connectivity index is 2.26. The first-order valence-corrected chi connectivity index (χ1v) is 10.8. The molecule has 0 spiro atoms. The van der Waals surface area contributed by atoms with E-state index in [1.807, 2.05) is 13.8 Å². The van der Waals surface area contributed by atoms with Crippen molar-refractivity contribution in [2.24, 2.45) is 13.0 Å². The molecule has 2 heterocycles. The monoisotopic (exact) mass is 459 g/mol. The molecule has 1 amide bonds. The summed E-state index contributed by atoms with van der Waals surface area (Å²) in [5, 5.41) is 2.59. The van der Waals surface area contributed by atoms with Crippen LogP contribution >= 0.6 is 0 Å². The van der Waals surface area contributed by atoms with Gasteiger partial charge in [0.15, 0.2) is 0 Å². The second-order valence-electron chi connectivity index (χ2n) is 9.15. The van der Waals surface area contributed by atoms with Crippen molar-refractivity contribution in [1.29, 1.82) is 0 Å². The molecule has 2 aromatic heterocycles. The number of methoxy groups -OCH3 is 1. The Hall–Kier alpha value is -3.36. The van der Waals surface area contributed by atoms with Gasteiger partial charge in [-0.25, -0.2) is 9.59 Å². The number of aromatic nitrogens is 2. The molecule has 0 saturated carbocycles. The average Bonchev–Trinajstić information content (AvgIpc) is 2.72. The van der Waals surface area contributed by atoms with Crippen molar-refractivity contribution >= 4 is 12.1 Å².